The number of ether oxygens (including phenoxy) is 1. The van der Waals surface area contributed by atoms with Gasteiger partial charge in [-0.05, 0) is 52.4 Å². The van der Waals surface area contributed by atoms with E-state index in [4.69, 9.17) is 9.72 Å². The number of aryl methyl sites for hydroxylation is 2. The van der Waals surface area contributed by atoms with E-state index in [-0.39, 0.29) is 6.09 Å². The van der Waals surface area contributed by atoms with E-state index in [1.165, 1.54) is 34.8 Å². The van der Waals surface area contributed by atoms with E-state index in [2.05, 4.69) is 12.2 Å². The molecule has 1 atom stereocenters. The molecule has 1 aromatic heterocycles. The van der Waals surface area contributed by atoms with Gasteiger partial charge in [-0.25, -0.2) is 9.78 Å². The number of nitrogens with one attached hydrogen (secondary N) is 1. The van der Waals surface area contributed by atoms with Crippen LogP contribution in [0.3, 0.4) is 0 Å². The van der Waals surface area contributed by atoms with Crippen molar-refractivity contribution in [3.05, 3.63) is 15.6 Å². The molecule has 0 spiro atoms. The number of amides is 1. The summed E-state index contributed by atoms with van der Waals surface area (Å²) < 4.78 is 5.07. The molecule has 2 heterocycles. The first kappa shape index (κ1) is 16.7. The van der Waals surface area contributed by atoms with Gasteiger partial charge in [-0.2, -0.15) is 0 Å². The lowest BCUT2D eigenvalue weighted by Crippen LogP contribution is -2.45. The molecule has 0 saturated carbocycles. The molecule has 6 heteroatoms. The lowest BCUT2D eigenvalue weighted by molar-refractivity contribution is 0.0943. The molecule has 1 aliphatic heterocycles. The van der Waals surface area contributed by atoms with Crippen LogP contribution in [0, 0.1) is 0 Å². The van der Waals surface area contributed by atoms with Gasteiger partial charge >= 0.3 is 6.09 Å². The van der Waals surface area contributed by atoms with E-state index in [1.807, 2.05) is 23.2 Å². The Morgan fingerprint density at radius 1 is 1.39 bits per heavy atom. The molecule has 0 unspecified atom stereocenters. The summed E-state index contributed by atoms with van der Waals surface area (Å²) in [6, 6.07) is 0.751. The summed E-state index contributed by atoms with van der Waals surface area (Å²) in [5.41, 5.74) is 1.34. The molecule has 1 aromatic rings. The van der Waals surface area contributed by atoms with Crippen LogP contribution < -0.4 is 5.32 Å². The third-order valence-electron chi connectivity index (χ3n) is 4.74. The van der Waals surface area contributed by atoms with Crippen molar-refractivity contribution in [1.29, 1.82) is 0 Å². The van der Waals surface area contributed by atoms with Crippen molar-refractivity contribution in [3.63, 3.8) is 0 Å². The standard InChI is InChI=1S/C17H27N3O2S/c1-3-22-17(21)20-10-8-13(9-11-20)18-12(2)16-19-14-6-4-5-7-15(14)23-16/h12-13,18H,3-11H2,1-2H3/t12-/m1/s1. The molecule has 0 radical (unpaired) electrons. The molecule has 1 aliphatic carbocycles. The van der Waals surface area contributed by atoms with E-state index < -0.39 is 0 Å². The lowest BCUT2D eigenvalue weighted by Gasteiger charge is -2.32. The second kappa shape index (κ2) is 7.62. The smallest absolute Gasteiger partial charge is 0.409 e. The Morgan fingerprint density at radius 2 is 2.13 bits per heavy atom. The Balaban J connectivity index is 1.50. The minimum atomic E-state index is -0.174. The molecule has 128 valence electrons. The van der Waals surface area contributed by atoms with Crippen molar-refractivity contribution in [2.24, 2.45) is 0 Å². The minimum Gasteiger partial charge on any atom is -0.450 e. The number of likely N-dealkylation sites (tertiary alicyclic amines) is 1. The normalized spacial score (nSPS) is 20.2. The zero-order chi connectivity index (χ0) is 16.2. The van der Waals surface area contributed by atoms with E-state index >= 15 is 0 Å². The third-order valence-corrected chi connectivity index (χ3v) is 6.08. The van der Waals surface area contributed by atoms with Crippen LogP contribution >= 0.6 is 11.3 Å². The second-order valence-electron chi connectivity index (χ2n) is 6.48. The number of fused-ring (bicyclic) bond motifs is 1. The monoisotopic (exact) mass is 337 g/mol. The van der Waals surface area contributed by atoms with Gasteiger partial charge in [-0.15, -0.1) is 11.3 Å². The van der Waals surface area contributed by atoms with Crippen molar-refractivity contribution in [2.75, 3.05) is 19.7 Å². The topological polar surface area (TPSA) is 54.5 Å². The number of hydrogen-bond acceptors (Lipinski definition) is 5. The fourth-order valence-corrected chi connectivity index (χ4v) is 4.59. The van der Waals surface area contributed by atoms with Gasteiger partial charge in [0.2, 0.25) is 0 Å². The Bertz CT molecular complexity index is 514. The molecular weight excluding hydrogens is 310 g/mol. The third kappa shape index (κ3) is 4.04. The van der Waals surface area contributed by atoms with Crippen LogP contribution in [-0.2, 0) is 17.6 Å². The van der Waals surface area contributed by atoms with Crippen molar-refractivity contribution >= 4 is 17.4 Å². The Hall–Kier alpha value is -1.14. The van der Waals surface area contributed by atoms with Gasteiger partial charge in [-0.3, -0.25) is 0 Å². The van der Waals surface area contributed by atoms with Crippen LogP contribution in [0.15, 0.2) is 0 Å². The average Bonchev–Trinajstić information content (AvgIpc) is 3.00. The summed E-state index contributed by atoms with van der Waals surface area (Å²) in [4.78, 5) is 19.9. The van der Waals surface area contributed by atoms with Gasteiger partial charge in [0, 0.05) is 24.0 Å². The van der Waals surface area contributed by atoms with Crippen LogP contribution in [0.5, 0.6) is 0 Å². The Kier molecular flexibility index (Phi) is 5.54. The fourth-order valence-electron chi connectivity index (χ4n) is 3.43. The quantitative estimate of drug-likeness (QED) is 0.916. The number of piperidine rings is 1. The number of thiazole rings is 1. The maximum Gasteiger partial charge on any atom is 0.409 e. The van der Waals surface area contributed by atoms with Gasteiger partial charge in [-0.1, -0.05) is 0 Å². The highest BCUT2D eigenvalue weighted by Crippen LogP contribution is 2.30. The molecule has 3 rings (SSSR count). The second-order valence-corrected chi connectivity index (χ2v) is 7.59. The molecule has 0 bridgehead atoms. The lowest BCUT2D eigenvalue weighted by atomic mass is 10.0. The van der Waals surface area contributed by atoms with Crippen molar-refractivity contribution < 1.29 is 9.53 Å². The highest BCUT2D eigenvalue weighted by Gasteiger charge is 2.26. The van der Waals surface area contributed by atoms with E-state index in [9.17, 15) is 4.79 Å². The summed E-state index contributed by atoms with van der Waals surface area (Å²) in [5, 5.41) is 4.93. The summed E-state index contributed by atoms with van der Waals surface area (Å²) in [7, 11) is 0. The number of hydrogen-bond donors (Lipinski definition) is 1. The van der Waals surface area contributed by atoms with Crippen LogP contribution in [0.25, 0.3) is 0 Å². The number of rotatable bonds is 4. The number of carbonyl (C=O) groups excluding carboxylic acids is 1. The molecule has 1 fully saturated rings. The summed E-state index contributed by atoms with van der Waals surface area (Å²) in [6.45, 7) is 6.06. The fraction of sp³-hybridized carbons (Fsp3) is 0.765. The van der Waals surface area contributed by atoms with E-state index in [1.54, 1.807) is 0 Å². The van der Waals surface area contributed by atoms with Crippen molar-refractivity contribution in [3.8, 4) is 0 Å². The van der Waals surface area contributed by atoms with Gasteiger partial charge < -0.3 is 15.0 Å². The van der Waals surface area contributed by atoms with Gasteiger partial charge in [0.15, 0.2) is 0 Å². The first-order valence-corrected chi connectivity index (χ1v) is 9.65. The van der Waals surface area contributed by atoms with Crippen molar-refractivity contribution in [2.45, 2.75) is 64.5 Å². The largest absolute Gasteiger partial charge is 0.450 e. The molecule has 1 N–H and O–H groups in total. The summed E-state index contributed by atoms with van der Waals surface area (Å²) in [6.07, 6.45) is 6.73. The van der Waals surface area contributed by atoms with Crippen LogP contribution in [-0.4, -0.2) is 41.7 Å². The van der Waals surface area contributed by atoms with Gasteiger partial charge in [0.25, 0.3) is 0 Å². The molecule has 0 aromatic carbocycles. The summed E-state index contributed by atoms with van der Waals surface area (Å²) in [5.74, 6) is 0. The Morgan fingerprint density at radius 3 is 2.83 bits per heavy atom. The predicted octanol–water partition coefficient (Wildman–Crippen LogP) is 3.29. The summed E-state index contributed by atoms with van der Waals surface area (Å²) >= 11 is 1.89. The highest BCUT2D eigenvalue weighted by atomic mass is 32.1. The SMILES string of the molecule is CCOC(=O)N1CCC(N[C@H](C)c2nc3c(s2)CCCC3)CC1. The molecule has 2 aliphatic rings. The van der Waals surface area contributed by atoms with Crippen LogP contribution in [0.4, 0.5) is 4.79 Å². The van der Waals surface area contributed by atoms with Gasteiger partial charge in [0.1, 0.15) is 5.01 Å². The van der Waals surface area contributed by atoms with E-state index in [0.29, 0.717) is 18.7 Å². The molecule has 1 amide bonds. The maximum absolute atomic E-state index is 11.7. The first-order valence-electron chi connectivity index (χ1n) is 8.83. The molecule has 5 nitrogen and oxygen atoms in total. The average molecular weight is 337 g/mol. The zero-order valence-corrected chi connectivity index (χ0v) is 15.0. The van der Waals surface area contributed by atoms with Crippen LogP contribution in [0.2, 0.25) is 0 Å². The molecule has 1 saturated heterocycles. The molecule has 23 heavy (non-hydrogen) atoms. The number of aromatic nitrogens is 1. The number of nitrogens with zero attached hydrogens (tertiary/aromatic N) is 2. The Labute approximate surface area is 142 Å². The first-order chi connectivity index (χ1) is 11.2. The minimum absolute atomic E-state index is 0.174. The number of carbonyl (C=O) groups is 1. The molecular formula is C17H27N3O2S. The van der Waals surface area contributed by atoms with Crippen molar-refractivity contribution in [1.82, 2.24) is 15.2 Å². The maximum atomic E-state index is 11.7. The highest BCUT2D eigenvalue weighted by molar-refractivity contribution is 7.11. The van der Waals surface area contributed by atoms with Crippen LogP contribution in [0.1, 0.15) is 61.2 Å². The predicted molar refractivity (Wildman–Crippen MR) is 91.9 cm³/mol. The zero-order valence-electron chi connectivity index (χ0n) is 14.1. The van der Waals surface area contributed by atoms with E-state index in [0.717, 1.165) is 32.4 Å². The van der Waals surface area contributed by atoms with Gasteiger partial charge in [0.05, 0.1) is 18.3 Å².